The Balaban J connectivity index is 0.00000144. The smallest absolute Gasteiger partial charge is 0.00975 e. The minimum atomic E-state index is 0. The minimum Gasteiger partial charge on any atom is -0.301 e. The lowest BCUT2D eigenvalue weighted by Gasteiger charge is -2.35. The van der Waals surface area contributed by atoms with Crippen LogP contribution in [-0.4, -0.2) is 24.0 Å². The molecule has 0 aromatic rings. The maximum absolute atomic E-state index is 2.62. The Morgan fingerprint density at radius 3 is 2.23 bits per heavy atom. The van der Waals surface area contributed by atoms with Crippen LogP contribution in [0.25, 0.3) is 0 Å². The largest absolute Gasteiger partial charge is 0.301 e. The predicted molar refractivity (Wildman–Crippen MR) is 61.6 cm³/mol. The molecule has 1 fully saturated rings. The van der Waals surface area contributed by atoms with E-state index in [4.69, 9.17) is 0 Å². The molecule has 2 heteroatoms. The van der Waals surface area contributed by atoms with Gasteiger partial charge in [0.1, 0.15) is 0 Å². The van der Waals surface area contributed by atoms with Crippen molar-refractivity contribution in [3.8, 4) is 0 Å². The van der Waals surface area contributed by atoms with Crippen LogP contribution in [0.15, 0.2) is 0 Å². The van der Waals surface area contributed by atoms with E-state index >= 15 is 0 Å². The van der Waals surface area contributed by atoms with Gasteiger partial charge in [0.15, 0.2) is 0 Å². The van der Waals surface area contributed by atoms with E-state index in [0.29, 0.717) is 0 Å². The lowest BCUT2D eigenvalue weighted by atomic mass is 9.86. The molecule has 0 radical (unpaired) electrons. The molecule has 0 N–H and O–H groups in total. The number of rotatable bonds is 3. The molecule has 13 heavy (non-hydrogen) atoms. The minimum absolute atomic E-state index is 0. The van der Waals surface area contributed by atoms with Crippen LogP contribution in [0.5, 0.6) is 0 Å². The zero-order valence-electron chi connectivity index (χ0n) is 9.25. The first-order chi connectivity index (χ1) is 5.77. The van der Waals surface area contributed by atoms with Gasteiger partial charge in [0.05, 0.1) is 0 Å². The molecule has 2 unspecified atom stereocenters. The quantitative estimate of drug-likeness (QED) is 0.684. The van der Waals surface area contributed by atoms with Crippen molar-refractivity contribution in [3.63, 3.8) is 0 Å². The van der Waals surface area contributed by atoms with Crippen molar-refractivity contribution in [2.75, 3.05) is 13.1 Å². The fourth-order valence-corrected chi connectivity index (χ4v) is 2.47. The van der Waals surface area contributed by atoms with Crippen LogP contribution >= 0.6 is 12.4 Å². The number of hydrogen-bond acceptors (Lipinski definition) is 1. The molecule has 1 aliphatic rings. The van der Waals surface area contributed by atoms with E-state index in [-0.39, 0.29) is 12.4 Å². The molecule has 0 bridgehead atoms. The topological polar surface area (TPSA) is 3.24 Å². The first kappa shape index (κ1) is 13.2. The van der Waals surface area contributed by atoms with Gasteiger partial charge in [-0.1, -0.05) is 33.6 Å². The summed E-state index contributed by atoms with van der Waals surface area (Å²) >= 11 is 0. The molecule has 0 aromatic carbocycles. The molecular weight excluding hydrogens is 182 g/mol. The summed E-state index contributed by atoms with van der Waals surface area (Å²) in [6, 6.07) is 0.892. The Hall–Kier alpha value is 0.250. The molecule has 0 spiro atoms. The molecule has 1 nitrogen and oxygen atoms in total. The van der Waals surface area contributed by atoms with Gasteiger partial charge in [-0.2, -0.15) is 0 Å². The van der Waals surface area contributed by atoms with Gasteiger partial charge in [0, 0.05) is 6.04 Å². The Kier molecular flexibility index (Phi) is 6.79. The molecular formula is C11H24ClN. The van der Waals surface area contributed by atoms with Gasteiger partial charge in [-0.05, 0) is 31.8 Å². The summed E-state index contributed by atoms with van der Waals surface area (Å²) in [6.07, 6.45) is 5.77. The van der Waals surface area contributed by atoms with E-state index in [1.165, 1.54) is 38.8 Å². The number of halogens is 1. The van der Waals surface area contributed by atoms with E-state index in [1.807, 2.05) is 0 Å². The van der Waals surface area contributed by atoms with Crippen LogP contribution in [0.3, 0.4) is 0 Å². The van der Waals surface area contributed by atoms with Gasteiger partial charge in [-0.3, -0.25) is 0 Å². The van der Waals surface area contributed by atoms with E-state index in [2.05, 4.69) is 25.7 Å². The number of nitrogens with zero attached hydrogens (tertiary/aromatic N) is 1. The van der Waals surface area contributed by atoms with Gasteiger partial charge in [0.2, 0.25) is 0 Å². The lowest BCUT2D eigenvalue weighted by Crippen LogP contribution is -2.38. The number of hydrogen-bond donors (Lipinski definition) is 0. The highest BCUT2D eigenvalue weighted by Crippen LogP contribution is 2.26. The summed E-state index contributed by atoms with van der Waals surface area (Å²) in [4.78, 5) is 2.62. The second-order valence-electron chi connectivity index (χ2n) is 4.15. The summed E-state index contributed by atoms with van der Waals surface area (Å²) in [6.45, 7) is 9.42. The zero-order chi connectivity index (χ0) is 8.97. The lowest BCUT2D eigenvalue weighted by molar-refractivity contribution is 0.147. The molecule has 0 saturated heterocycles. The summed E-state index contributed by atoms with van der Waals surface area (Å²) in [5.74, 6) is 0.962. The van der Waals surface area contributed by atoms with Crippen molar-refractivity contribution in [3.05, 3.63) is 0 Å². The molecule has 0 heterocycles. The summed E-state index contributed by atoms with van der Waals surface area (Å²) in [5.41, 5.74) is 0. The molecule has 80 valence electrons. The van der Waals surface area contributed by atoms with Crippen molar-refractivity contribution in [2.45, 2.75) is 52.5 Å². The zero-order valence-corrected chi connectivity index (χ0v) is 10.1. The Bertz CT molecular complexity index is 123. The molecule has 0 amide bonds. The SMILES string of the molecule is CCN(CC)C1CCCC(C)C1.Cl. The fourth-order valence-electron chi connectivity index (χ4n) is 2.47. The molecule has 1 saturated carbocycles. The van der Waals surface area contributed by atoms with Crippen molar-refractivity contribution in [2.24, 2.45) is 5.92 Å². The van der Waals surface area contributed by atoms with Crippen molar-refractivity contribution < 1.29 is 0 Å². The molecule has 2 atom stereocenters. The van der Waals surface area contributed by atoms with Crippen LogP contribution in [0, 0.1) is 5.92 Å². The van der Waals surface area contributed by atoms with Crippen molar-refractivity contribution >= 4 is 12.4 Å². The molecule has 0 aromatic heterocycles. The van der Waals surface area contributed by atoms with Crippen molar-refractivity contribution in [1.82, 2.24) is 4.90 Å². The first-order valence-corrected chi connectivity index (χ1v) is 5.52. The van der Waals surface area contributed by atoms with Gasteiger partial charge >= 0.3 is 0 Å². The summed E-state index contributed by atoms with van der Waals surface area (Å²) in [7, 11) is 0. The molecule has 0 aliphatic heterocycles. The maximum Gasteiger partial charge on any atom is 0.00975 e. The standard InChI is InChI=1S/C11H23N.ClH/c1-4-12(5-2)11-8-6-7-10(3)9-11;/h10-11H,4-9H2,1-3H3;1H. The second-order valence-corrected chi connectivity index (χ2v) is 4.15. The highest BCUT2D eigenvalue weighted by Gasteiger charge is 2.22. The molecule has 1 aliphatic carbocycles. The van der Waals surface area contributed by atoms with Gasteiger partial charge in [0.25, 0.3) is 0 Å². The third kappa shape index (κ3) is 3.86. The second kappa shape index (κ2) is 6.67. The third-order valence-electron chi connectivity index (χ3n) is 3.24. The van der Waals surface area contributed by atoms with Crippen LogP contribution in [0.2, 0.25) is 0 Å². The van der Waals surface area contributed by atoms with E-state index < -0.39 is 0 Å². The first-order valence-electron chi connectivity index (χ1n) is 5.52. The van der Waals surface area contributed by atoms with E-state index in [0.717, 1.165) is 12.0 Å². The predicted octanol–water partition coefficient (Wildman–Crippen LogP) is 3.33. The highest BCUT2D eigenvalue weighted by atomic mass is 35.5. The average Bonchev–Trinajstić information content (AvgIpc) is 2.07. The Labute approximate surface area is 89.3 Å². The Morgan fingerprint density at radius 1 is 1.15 bits per heavy atom. The van der Waals surface area contributed by atoms with Gasteiger partial charge < -0.3 is 4.90 Å². The van der Waals surface area contributed by atoms with E-state index in [1.54, 1.807) is 0 Å². The van der Waals surface area contributed by atoms with Crippen LogP contribution in [0.1, 0.15) is 46.5 Å². The maximum atomic E-state index is 2.62. The van der Waals surface area contributed by atoms with Crippen molar-refractivity contribution in [1.29, 1.82) is 0 Å². The van der Waals surface area contributed by atoms with Crippen LogP contribution in [0.4, 0.5) is 0 Å². The third-order valence-corrected chi connectivity index (χ3v) is 3.24. The normalized spacial score (nSPS) is 28.6. The highest BCUT2D eigenvalue weighted by molar-refractivity contribution is 5.85. The van der Waals surface area contributed by atoms with E-state index in [9.17, 15) is 0 Å². The van der Waals surface area contributed by atoms with Crippen LogP contribution in [-0.2, 0) is 0 Å². The molecule has 1 rings (SSSR count). The van der Waals surface area contributed by atoms with Gasteiger partial charge in [-0.25, -0.2) is 0 Å². The summed E-state index contributed by atoms with van der Waals surface area (Å²) < 4.78 is 0. The van der Waals surface area contributed by atoms with Gasteiger partial charge in [-0.15, -0.1) is 12.4 Å². The average molecular weight is 206 g/mol. The Morgan fingerprint density at radius 2 is 1.77 bits per heavy atom. The summed E-state index contributed by atoms with van der Waals surface area (Å²) in [5, 5.41) is 0. The monoisotopic (exact) mass is 205 g/mol. The fraction of sp³-hybridized carbons (Fsp3) is 1.00. The van der Waals surface area contributed by atoms with Crippen LogP contribution < -0.4 is 0 Å².